The highest BCUT2D eigenvalue weighted by atomic mass is 35.5. The molecule has 1 fully saturated rings. The largest absolute Gasteiger partial charge is 0.352 e. The smallest absolute Gasteiger partial charge is 0.243 e. The van der Waals surface area contributed by atoms with Gasteiger partial charge in [-0.25, -0.2) is 8.42 Å². The van der Waals surface area contributed by atoms with Crippen LogP contribution in [0.15, 0.2) is 72.8 Å². The highest BCUT2D eigenvalue weighted by Crippen LogP contribution is 2.27. The molecule has 9 heteroatoms. The van der Waals surface area contributed by atoms with Gasteiger partial charge in [-0.05, 0) is 67.5 Å². The van der Waals surface area contributed by atoms with Gasteiger partial charge in [0.15, 0.2) is 0 Å². The molecule has 3 aromatic rings. The number of carbonyl (C=O) groups is 2. The predicted octanol–water partition coefficient (Wildman–Crippen LogP) is 6.20. The number of benzene rings is 3. The summed E-state index contributed by atoms with van der Waals surface area (Å²) < 4.78 is 26.9. The van der Waals surface area contributed by atoms with Crippen LogP contribution >= 0.6 is 11.6 Å². The predicted molar refractivity (Wildman–Crippen MR) is 174 cm³/mol. The number of hydrogen-bond acceptors (Lipinski definition) is 4. The summed E-state index contributed by atoms with van der Waals surface area (Å²) in [6.45, 7) is 4.22. The lowest BCUT2D eigenvalue weighted by Crippen LogP contribution is -2.52. The number of hydrogen-bond donors (Lipinski definition) is 1. The Morgan fingerprint density at radius 3 is 2.30 bits per heavy atom. The van der Waals surface area contributed by atoms with E-state index in [2.05, 4.69) is 5.32 Å². The van der Waals surface area contributed by atoms with Gasteiger partial charge in [-0.1, -0.05) is 85.1 Å². The second-order valence-corrected chi connectivity index (χ2v) is 13.9. The summed E-state index contributed by atoms with van der Waals surface area (Å²) in [6, 6.07) is 22.2. The number of anilines is 1. The topological polar surface area (TPSA) is 86.8 Å². The molecule has 43 heavy (non-hydrogen) atoms. The number of carbonyl (C=O) groups excluding carboxylic acids is 2. The molecule has 0 aliphatic heterocycles. The molecule has 0 bridgehead atoms. The van der Waals surface area contributed by atoms with Crippen LogP contribution < -0.4 is 9.62 Å². The SMILES string of the molecule is Cc1ccccc1CN(C(=O)CCCN(c1cc(Cl)ccc1C)S(C)(=O)=O)C(Cc1ccccc1)C(=O)NC1CCCC1. The quantitative estimate of drug-likeness (QED) is 0.246. The summed E-state index contributed by atoms with van der Waals surface area (Å²) in [5, 5.41) is 3.67. The van der Waals surface area contributed by atoms with Crippen LogP contribution in [0.25, 0.3) is 0 Å². The Kier molecular flexibility index (Phi) is 11.3. The zero-order valence-corrected chi connectivity index (χ0v) is 26.8. The molecule has 2 amide bonds. The summed E-state index contributed by atoms with van der Waals surface area (Å²) in [5.74, 6) is -0.341. The van der Waals surface area contributed by atoms with Gasteiger partial charge in [0.1, 0.15) is 6.04 Å². The van der Waals surface area contributed by atoms with Crippen LogP contribution in [0.5, 0.6) is 0 Å². The fourth-order valence-corrected chi connectivity index (χ4v) is 6.91. The zero-order chi connectivity index (χ0) is 31.0. The Bertz CT molecular complexity index is 1510. The normalized spacial score (nSPS) is 14.3. The molecule has 7 nitrogen and oxygen atoms in total. The number of nitrogens with zero attached hydrogens (tertiary/aromatic N) is 2. The van der Waals surface area contributed by atoms with Gasteiger partial charge in [0.25, 0.3) is 0 Å². The molecule has 230 valence electrons. The first kappa shape index (κ1) is 32.6. The molecular weight excluding hydrogens is 582 g/mol. The number of halogens is 1. The highest BCUT2D eigenvalue weighted by molar-refractivity contribution is 7.92. The first-order valence-corrected chi connectivity index (χ1v) is 17.2. The molecule has 1 aliphatic rings. The molecule has 1 atom stereocenters. The first-order chi connectivity index (χ1) is 20.5. The molecule has 3 aromatic carbocycles. The fourth-order valence-electron chi connectivity index (χ4n) is 5.73. The molecule has 1 N–H and O–H groups in total. The Morgan fingerprint density at radius 2 is 1.63 bits per heavy atom. The minimum Gasteiger partial charge on any atom is -0.352 e. The van der Waals surface area contributed by atoms with E-state index in [1.165, 1.54) is 4.31 Å². The third kappa shape index (κ3) is 9.07. The monoisotopic (exact) mass is 623 g/mol. The third-order valence-electron chi connectivity index (χ3n) is 8.17. The van der Waals surface area contributed by atoms with Crippen LogP contribution in [0.2, 0.25) is 5.02 Å². The van der Waals surface area contributed by atoms with Gasteiger partial charge in [0, 0.05) is 37.0 Å². The number of sulfonamides is 1. The van der Waals surface area contributed by atoms with Gasteiger partial charge in [-0.3, -0.25) is 13.9 Å². The lowest BCUT2D eigenvalue weighted by atomic mass is 10.0. The molecule has 0 aromatic heterocycles. The van der Waals surface area contributed by atoms with Crippen LogP contribution in [0.1, 0.15) is 60.8 Å². The van der Waals surface area contributed by atoms with Crippen molar-refractivity contribution in [3.63, 3.8) is 0 Å². The van der Waals surface area contributed by atoms with E-state index in [0.717, 1.165) is 54.2 Å². The Labute approximate surface area is 261 Å². The van der Waals surface area contributed by atoms with E-state index in [0.29, 0.717) is 17.1 Å². The summed E-state index contributed by atoms with van der Waals surface area (Å²) in [7, 11) is -3.63. The van der Waals surface area contributed by atoms with Gasteiger partial charge in [0.05, 0.1) is 11.9 Å². The maximum Gasteiger partial charge on any atom is 0.243 e. The van der Waals surface area contributed by atoms with Crippen molar-refractivity contribution in [3.8, 4) is 0 Å². The number of rotatable bonds is 13. The van der Waals surface area contributed by atoms with Gasteiger partial charge in [-0.2, -0.15) is 0 Å². The van der Waals surface area contributed by atoms with Crippen molar-refractivity contribution >= 4 is 39.1 Å². The summed E-state index contributed by atoms with van der Waals surface area (Å²) in [5.41, 5.74) is 4.24. The van der Waals surface area contributed by atoms with E-state index >= 15 is 0 Å². The Morgan fingerprint density at radius 1 is 0.953 bits per heavy atom. The molecule has 1 saturated carbocycles. The third-order valence-corrected chi connectivity index (χ3v) is 9.58. The highest BCUT2D eigenvalue weighted by Gasteiger charge is 2.32. The lowest BCUT2D eigenvalue weighted by Gasteiger charge is -2.33. The average Bonchev–Trinajstić information content (AvgIpc) is 3.48. The van der Waals surface area contributed by atoms with E-state index < -0.39 is 16.1 Å². The van der Waals surface area contributed by atoms with E-state index in [-0.39, 0.29) is 43.8 Å². The van der Waals surface area contributed by atoms with Crippen LogP contribution in [-0.2, 0) is 32.6 Å². The average molecular weight is 624 g/mol. The lowest BCUT2D eigenvalue weighted by molar-refractivity contribution is -0.141. The second-order valence-electron chi connectivity index (χ2n) is 11.5. The van der Waals surface area contributed by atoms with Gasteiger partial charge >= 0.3 is 0 Å². The number of nitrogens with one attached hydrogen (secondary N) is 1. The minimum absolute atomic E-state index is 0.0828. The van der Waals surface area contributed by atoms with Crippen molar-refractivity contribution in [1.29, 1.82) is 0 Å². The Balaban J connectivity index is 1.61. The van der Waals surface area contributed by atoms with E-state index in [1.807, 2.05) is 68.4 Å². The molecule has 0 spiro atoms. The first-order valence-electron chi connectivity index (χ1n) is 14.9. The molecule has 1 aliphatic carbocycles. The van der Waals surface area contributed by atoms with Crippen molar-refractivity contribution in [2.24, 2.45) is 0 Å². The van der Waals surface area contributed by atoms with Gasteiger partial charge in [-0.15, -0.1) is 0 Å². The molecule has 0 heterocycles. The van der Waals surface area contributed by atoms with E-state index in [9.17, 15) is 18.0 Å². The molecular formula is C34H42ClN3O4S. The van der Waals surface area contributed by atoms with Crippen LogP contribution in [-0.4, -0.2) is 50.0 Å². The van der Waals surface area contributed by atoms with Crippen molar-refractivity contribution in [2.75, 3.05) is 17.1 Å². The van der Waals surface area contributed by atoms with E-state index in [4.69, 9.17) is 11.6 Å². The molecule has 0 radical (unpaired) electrons. The van der Waals surface area contributed by atoms with Crippen molar-refractivity contribution in [2.45, 2.75) is 77.4 Å². The Hall–Kier alpha value is -3.36. The van der Waals surface area contributed by atoms with Crippen molar-refractivity contribution in [3.05, 3.63) is 100 Å². The van der Waals surface area contributed by atoms with Crippen LogP contribution in [0, 0.1) is 13.8 Å². The summed E-state index contributed by atoms with van der Waals surface area (Å²) >= 11 is 6.20. The van der Waals surface area contributed by atoms with Crippen molar-refractivity contribution in [1.82, 2.24) is 10.2 Å². The van der Waals surface area contributed by atoms with Gasteiger partial charge in [0.2, 0.25) is 21.8 Å². The van der Waals surface area contributed by atoms with Gasteiger partial charge < -0.3 is 10.2 Å². The molecule has 0 saturated heterocycles. The van der Waals surface area contributed by atoms with Crippen LogP contribution in [0.3, 0.4) is 0 Å². The maximum absolute atomic E-state index is 14.1. The standard InChI is InChI=1S/C34H42ClN3O4S/c1-25-12-7-8-15-28(25)24-37(32(22-27-13-5-4-6-14-27)34(40)36-30-16-9-10-17-30)33(39)18-11-21-38(43(3,41)42)31-23-29(35)20-19-26(31)2/h4-8,12-15,19-20,23,30,32H,9-11,16-18,21-22,24H2,1-3H3,(H,36,40). The van der Waals surface area contributed by atoms with Crippen LogP contribution in [0.4, 0.5) is 5.69 Å². The number of aryl methyl sites for hydroxylation is 2. The minimum atomic E-state index is -3.63. The fraction of sp³-hybridized carbons (Fsp3) is 0.412. The second kappa shape index (κ2) is 14.9. The van der Waals surface area contributed by atoms with Crippen molar-refractivity contribution < 1.29 is 18.0 Å². The zero-order valence-electron chi connectivity index (χ0n) is 25.3. The number of amides is 2. The molecule has 1 unspecified atom stereocenters. The maximum atomic E-state index is 14.1. The molecule has 4 rings (SSSR count). The van der Waals surface area contributed by atoms with E-state index in [1.54, 1.807) is 23.1 Å². The summed E-state index contributed by atoms with van der Waals surface area (Å²) in [4.78, 5) is 29.7. The summed E-state index contributed by atoms with van der Waals surface area (Å²) in [6.07, 6.45) is 5.97.